The number of nitrogens with one attached hydrogen (secondary N) is 1. The van der Waals surface area contributed by atoms with E-state index in [0.29, 0.717) is 17.1 Å². The Morgan fingerprint density at radius 1 is 0.875 bits per heavy atom. The molecule has 0 saturated heterocycles. The van der Waals surface area contributed by atoms with E-state index in [1.165, 1.54) is 12.1 Å². The minimum atomic E-state index is -1.01. The summed E-state index contributed by atoms with van der Waals surface area (Å²) in [5.74, 6) is -2.24. The highest BCUT2D eigenvalue weighted by Gasteiger charge is 2.14. The predicted octanol–water partition coefficient (Wildman–Crippen LogP) is 6.45. The van der Waals surface area contributed by atoms with Crippen molar-refractivity contribution in [1.82, 2.24) is 4.57 Å². The van der Waals surface area contributed by atoms with E-state index in [-0.39, 0.29) is 12.2 Å². The molecule has 7 heteroatoms. The van der Waals surface area contributed by atoms with Gasteiger partial charge in [-0.1, -0.05) is 35.9 Å². The van der Waals surface area contributed by atoms with E-state index in [1.54, 1.807) is 29.0 Å². The van der Waals surface area contributed by atoms with Gasteiger partial charge in [-0.05, 0) is 59.2 Å². The normalized spacial score (nSPS) is 10.8. The number of carbonyl (C=O) groups is 1. The van der Waals surface area contributed by atoms with E-state index in [2.05, 4.69) is 5.32 Å². The first-order chi connectivity index (χ1) is 15.4. The van der Waals surface area contributed by atoms with E-state index < -0.39 is 17.6 Å². The van der Waals surface area contributed by atoms with E-state index in [4.69, 9.17) is 11.6 Å². The van der Waals surface area contributed by atoms with Gasteiger partial charge in [0.2, 0.25) is 0 Å². The molecule has 162 valence electrons. The third-order valence-electron chi connectivity index (χ3n) is 5.02. The minimum Gasteiger partial charge on any atom is -0.477 e. The summed E-state index contributed by atoms with van der Waals surface area (Å²) in [7, 11) is 0. The average molecular weight is 453 g/mol. The zero-order valence-corrected chi connectivity index (χ0v) is 17.6. The number of carboxylic acid groups (broad SMARTS) is 1. The van der Waals surface area contributed by atoms with Gasteiger partial charge < -0.3 is 15.0 Å². The largest absolute Gasteiger partial charge is 0.477 e. The lowest BCUT2D eigenvalue weighted by atomic mass is 10.1. The average Bonchev–Trinajstić information content (AvgIpc) is 3.18. The first kappa shape index (κ1) is 21.6. The Labute approximate surface area is 188 Å². The van der Waals surface area contributed by atoms with Crippen molar-refractivity contribution in [3.8, 4) is 11.1 Å². The van der Waals surface area contributed by atoms with Crippen LogP contribution in [0.25, 0.3) is 11.1 Å². The quantitative estimate of drug-likeness (QED) is 0.339. The molecule has 0 aliphatic carbocycles. The van der Waals surface area contributed by atoms with Gasteiger partial charge in [0, 0.05) is 41.6 Å². The third-order valence-corrected chi connectivity index (χ3v) is 5.27. The fraction of sp³-hybridized carbons (Fsp3) is 0.0800. The molecule has 0 aliphatic rings. The lowest BCUT2D eigenvalue weighted by Gasteiger charge is -2.08. The number of hydrogen-bond acceptors (Lipinski definition) is 2. The second-order valence-electron chi connectivity index (χ2n) is 7.38. The Morgan fingerprint density at radius 2 is 1.53 bits per heavy atom. The molecule has 4 aromatic rings. The molecule has 0 radical (unpaired) electrons. The van der Waals surface area contributed by atoms with Crippen LogP contribution >= 0.6 is 11.6 Å². The maximum Gasteiger partial charge on any atom is 0.352 e. The van der Waals surface area contributed by atoms with Crippen molar-refractivity contribution in [1.29, 1.82) is 0 Å². The van der Waals surface area contributed by atoms with Gasteiger partial charge in [-0.15, -0.1) is 0 Å². The van der Waals surface area contributed by atoms with E-state index in [0.717, 1.165) is 28.4 Å². The SMILES string of the molecule is O=C(O)c1cc(-c2ccc(NCc3cc(F)cc(F)c3)cc2)cn1Cc1ccc(Cl)cc1. The van der Waals surface area contributed by atoms with Gasteiger partial charge in [-0.3, -0.25) is 0 Å². The minimum absolute atomic E-state index is 0.185. The number of aromatic carboxylic acids is 1. The number of nitrogens with zero attached hydrogens (tertiary/aromatic N) is 1. The summed E-state index contributed by atoms with van der Waals surface area (Å²) < 4.78 is 28.3. The number of aromatic nitrogens is 1. The summed E-state index contributed by atoms with van der Waals surface area (Å²) in [4.78, 5) is 11.7. The molecule has 4 nitrogen and oxygen atoms in total. The number of hydrogen-bond donors (Lipinski definition) is 2. The molecule has 1 heterocycles. The van der Waals surface area contributed by atoms with Crippen LogP contribution in [0.3, 0.4) is 0 Å². The Kier molecular flexibility index (Phi) is 6.23. The zero-order chi connectivity index (χ0) is 22.7. The van der Waals surface area contributed by atoms with Gasteiger partial charge in [-0.2, -0.15) is 0 Å². The van der Waals surface area contributed by atoms with Crippen molar-refractivity contribution in [3.05, 3.63) is 112 Å². The number of rotatable bonds is 7. The smallest absolute Gasteiger partial charge is 0.352 e. The third kappa shape index (κ3) is 5.15. The van der Waals surface area contributed by atoms with Crippen LogP contribution in [0.15, 0.2) is 79.0 Å². The monoisotopic (exact) mass is 452 g/mol. The maximum atomic E-state index is 13.3. The molecule has 0 atom stereocenters. The highest BCUT2D eigenvalue weighted by atomic mass is 35.5. The van der Waals surface area contributed by atoms with Crippen LogP contribution < -0.4 is 5.32 Å². The first-order valence-electron chi connectivity index (χ1n) is 9.84. The lowest BCUT2D eigenvalue weighted by Crippen LogP contribution is -2.08. The second kappa shape index (κ2) is 9.24. The maximum absolute atomic E-state index is 13.3. The van der Waals surface area contributed by atoms with Crippen molar-refractivity contribution in [3.63, 3.8) is 0 Å². The van der Waals surface area contributed by atoms with E-state index >= 15 is 0 Å². The first-order valence-corrected chi connectivity index (χ1v) is 10.2. The topological polar surface area (TPSA) is 54.3 Å². The van der Waals surface area contributed by atoms with Crippen molar-refractivity contribution in [2.75, 3.05) is 5.32 Å². The van der Waals surface area contributed by atoms with E-state index in [9.17, 15) is 18.7 Å². The highest BCUT2D eigenvalue weighted by molar-refractivity contribution is 6.30. The van der Waals surface area contributed by atoms with Gasteiger partial charge in [-0.25, -0.2) is 13.6 Å². The molecule has 32 heavy (non-hydrogen) atoms. The summed E-state index contributed by atoms with van der Waals surface area (Å²) in [5, 5.41) is 13.3. The van der Waals surface area contributed by atoms with Crippen LogP contribution in [0.5, 0.6) is 0 Å². The number of halogens is 3. The van der Waals surface area contributed by atoms with Crippen molar-refractivity contribution in [2.24, 2.45) is 0 Å². The Hall–Kier alpha value is -3.64. The summed E-state index contributed by atoms with van der Waals surface area (Å²) in [5.41, 5.74) is 4.02. The molecule has 4 rings (SSSR count). The summed E-state index contributed by atoms with van der Waals surface area (Å²) in [6, 6.07) is 19.7. The molecule has 1 aromatic heterocycles. The Morgan fingerprint density at radius 3 is 2.16 bits per heavy atom. The molecule has 0 fully saturated rings. The van der Waals surface area contributed by atoms with Crippen LogP contribution in [-0.4, -0.2) is 15.6 Å². The molecule has 3 aromatic carbocycles. The molecule has 0 aliphatic heterocycles. The van der Waals surface area contributed by atoms with Crippen LogP contribution in [-0.2, 0) is 13.1 Å². The fourth-order valence-corrected chi connectivity index (χ4v) is 3.59. The van der Waals surface area contributed by atoms with Crippen LogP contribution in [0.4, 0.5) is 14.5 Å². The summed E-state index contributed by atoms with van der Waals surface area (Å²) >= 11 is 5.92. The van der Waals surface area contributed by atoms with Gasteiger partial charge in [0.1, 0.15) is 17.3 Å². The molecule has 0 amide bonds. The standard InChI is InChI=1S/C25H19ClF2N2O2/c26-20-5-1-16(2-6-20)14-30-15-19(11-24(30)25(31)32)18-3-7-23(8-4-18)29-13-17-9-21(27)12-22(28)10-17/h1-12,15,29H,13-14H2,(H,31,32). The molecule has 0 spiro atoms. The predicted molar refractivity (Wildman–Crippen MR) is 121 cm³/mol. The Bertz CT molecular complexity index is 1230. The van der Waals surface area contributed by atoms with Crippen molar-refractivity contribution < 1.29 is 18.7 Å². The number of benzene rings is 3. The molecular formula is C25H19ClF2N2O2. The van der Waals surface area contributed by atoms with Gasteiger partial charge >= 0.3 is 5.97 Å². The summed E-state index contributed by atoms with van der Waals surface area (Å²) in [6.45, 7) is 0.678. The molecule has 0 bridgehead atoms. The van der Waals surface area contributed by atoms with E-state index in [1.807, 2.05) is 36.4 Å². The van der Waals surface area contributed by atoms with Gasteiger partial charge in [0.25, 0.3) is 0 Å². The van der Waals surface area contributed by atoms with Gasteiger partial charge in [0.05, 0.1) is 0 Å². The molecule has 0 saturated carbocycles. The second-order valence-corrected chi connectivity index (χ2v) is 7.82. The molecule has 2 N–H and O–H groups in total. The lowest BCUT2D eigenvalue weighted by molar-refractivity contribution is 0.0685. The molecule has 0 unspecified atom stereocenters. The van der Waals surface area contributed by atoms with Crippen molar-refractivity contribution >= 4 is 23.3 Å². The zero-order valence-electron chi connectivity index (χ0n) is 16.9. The molecular weight excluding hydrogens is 434 g/mol. The number of anilines is 1. The Balaban J connectivity index is 1.50. The highest BCUT2D eigenvalue weighted by Crippen LogP contribution is 2.25. The van der Waals surface area contributed by atoms with Crippen molar-refractivity contribution in [2.45, 2.75) is 13.1 Å². The number of carboxylic acids is 1. The van der Waals surface area contributed by atoms with Crippen LogP contribution in [0, 0.1) is 11.6 Å². The van der Waals surface area contributed by atoms with Crippen LogP contribution in [0.1, 0.15) is 21.6 Å². The van der Waals surface area contributed by atoms with Crippen LogP contribution in [0.2, 0.25) is 5.02 Å². The van der Waals surface area contributed by atoms with Gasteiger partial charge in [0.15, 0.2) is 0 Å². The summed E-state index contributed by atoms with van der Waals surface area (Å²) in [6.07, 6.45) is 1.80. The fourth-order valence-electron chi connectivity index (χ4n) is 3.46.